The van der Waals surface area contributed by atoms with Gasteiger partial charge in [-0.1, -0.05) is 20.3 Å². The Hall–Kier alpha value is -3.24. The molecular formula is C27H34F2N4O4. The van der Waals surface area contributed by atoms with E-state index in [0.29, 0.717) is 29.8 Å². The van der Waals surface area contributed by atoms with Gasteiger partial charge in [-0.05, 0) is 56.5 Å². The van der Waals surface area contributed by atoms with Gasteiger partial charge in [-0.3, -0.25) is 4.68 Å². The van der Waals surface area contributed by atoms with Crippen LogP contribution >= 0.6 is 0 Å². The maximum Gasteiger partial charge on any atom is 0.413 e. The molecule has 1 aromatic heterocycles. The van der Waals surface area contributed by atoms with E-state index in [2.05, 4.69) is 29.2 Å². The van der Waals surface area contributed by atoms with Crippen LogP contribution in [0.25, 0.3) is 10.9 Å². The molecule has 1 aliphatic rings. The Kier molecular flexibility index (Phi) is 8.94. The minimum Gasteiger partial charge on any atom is -0.450 e. The number of hydrogen-bond donors (Lipinski definition) is 2. The SMILES string of the molecule is CC(C)Cn1ncc2cc(Oc3ccc(F)cc3F)c(OC(=O)N[C@H](CO)CCN3CCCCC3)cc21. The van der Waals surface area contributed by atoms with Gasteiger partial charge in [-0.25, -0.2) is 13.6 Å². The molecule has 8 nitrogen and oxygen atoms in total. The molecule has 4 rings (SSSR count). The van der Waals surface area contributed by atoms with E-state index in [1.807, 2.05) is 0 Å². The maximum absolute atomic E-state index is 14.3. The quantitative estimate of drug-likeness (QED) is 0.390. The van der Waals surface area contributed by atoms with E-state index in [4.69, 9.17) is 9.47 Å². The van der Waals surface area contributed by atoms with Gasteiger partial charge in [-0.15, -0.1) is 0 Å². The summed E-state index contributed by atoms with van der Waals surface area (Å²) < 4.78 is 40.8. The summed E-state index contributed by atoms with van der Waals surface area (Å²) in [4.78, 5) is 15.2. The summed E-state index contributed by atoms with van der Waals surface area (Å²) in [5.74, 6) is -1.38. The van der Waals surface area contributed by atoms with E-state index in [1.165, 1.54) is 12.5 Å². The summed E-state index contributed by atoms with van der Waals surface area (Å²) in [5, 5.41) is 17.6. The topological polar surface area (TPSA) is 88.8 Å². The number of aliphatic hydroxyl groups is 1. The smallest absolute Gasteiger partial charge is 0.413 e. The van der Waals surface area contributed by atoms with Crippen molar-refractivity contribution in [2.24, 2.45) is 5.92 Å². The van der Waals surface area contributed by atoms with Crippen molar-refractivity contribution in [2.75, 3.05) is 26.2 Å². The molecule has 1 fully saturated rings. The van der Waals surface area contributed by atoms with E-state index < -0.39 is 23.8 Å². The Balaban J connectivity index is 1.54. The number of rotatable bonds is 10. The van der Waals surface area contributed by atoms with Gasteiger partial charge in [0.25, 0.3) is 0 Å². The number of amides is 1. The molecule has 1 atom stereocenters. The van der Waals surface area contributed by atoms with Gasteiger partial charge in [0.15, 0.2) is 23.1 Å². The number of carbonyl (C=O) groups is 1. The van der Waals surface area contributed by atoms with Crippen LogP contribution in [-0.2, 0) is 6.54 Å². The first-order chi connectivity index (χ1) is 17.8. The van der Waals surface area contributed by atoms with E-state index in [9.17, 15) is 18.7 Å². The summed E-state index contributed by atoms with van der Waals surface area (Å²) >= 11 is 0. The lowest BCUT2D eigenvalue weighted by molar-refractivity contribution is 0.167. The number of nitrogens with one attached hydrogen (secondary N) is 1. The zero-order valence-electron chi connectivity index (χ0n) is 21.3. The standard InChI is InChI=1S/C27H34F2N4O4/c1-18(2)16-33-23-14-26(37-27(35)31-21(17-34)8-11-32-9-4-3-5-10-32)25(12-19(23)15-30-33)36-24-7-6-20(28)13-22(24)29/h6-7,12-15,18,21,34H,3-5,8-11,16-17H2,1-2H3,(H,31,35)/t21-/m0/s1. The highest BCUT2D eigenvalue weighted by atomic mass is 19.1. The molecule has 0 radical (unpaired) electrons. The number of likely N-dealkylation sites (tertiary alicyclic amines) is 1. The normalized spacial score (nSPS) is 15.2. The van der Waals surface area contributed by atoms with Gasteiger partial charge in [0, 0.05) is 30.6 Å². The highest BCUT2D eigenvalue weighted by Crippen LogP contribution is 2.37. The summed E-state index contributed by atoms with van der Waals surface area (Å²) in [7, 11) is 0. The number of carbonyl (C=O) groups excluding carboxylic acids is 1. The first-order valence-corrected chi connectivity index (χ1v) is 12.8. The van der Waals surface area contributed by atoms with Crippen molar-refractivity contribution in [2.45, 2.75) is 52.1 Å². The van der Waals surface area contributed by atoms with Crippen LogP contribution in [0.5, 0.6) is 17.2 Å². The third-order valence-electron chi connectivity index (χ3n) is 6.35. The third kappa shape index (κ3) is 7.17. The molecule has 1 amide bonds. The molecule has 2 aromatic carbocycles. The Morgan fingerprint density at radius 2 is 1.89 bits per heavy atom. The molecule has 0 aliphatic carbocycles. The minimum absolute atomic E-state index is 0.0481. The van der Waals surface area contributed by atoms with E-state index >= 15 is 0 Å². The van der Waals surface area contributed by atoms with Gasteiger partial charge in [0.05, 0.1) is 24.4 Å². The Morgan fingerprint density at radius 3 is 2.59 bits per heavy atom. The van der Waals surface area contributed by atoms with Crippen LogP contribution < -0.4 is 14.8 Å². The lowest BCUT2D eigenvalue weighted by atomic mass is 10.1. The number of ether oxygens (including phenoxy) is 2. The molecule has 2 heterocycles. The molecule has 37 heavy (non-hydrogen) atoms. The number of hydrogen-bond acceptors (Lipinski definition) is 6. The zero-order valence-corrected chi connectivity index (χ0v) is 21.3. The molecule has 0 saturated carbocycles. The van der Waals surface area contributed by atoms with Gasteiger partial charge in [0.1, 0.15) is 5.82 Å². The number of nitrogens with zero attached hydrogens (tertiary/aromatic N) is 3. The fraction of sp³-hybridized carbons (Fsp3) is 0.481. The average molecular weight is 517 g/mol. The van der Waals surface area contributed by atoms with Gasteiger partial charge in [-0.2, -0.15) is 5.10 Å². The van der Waals surface area contributed by atoms with Crippen molar-refractivity contribution in [3.05, 3.63) is 48.2 Å². The lowest BCUT2D eigenvalue weighted by Crippen LogP contribution is -2.42. The van der Waals surface area contributed by atoms with Crippen molar-refractivity contribution in [3.8, 4) is 17.2 Å². The van der Waals surface area contributed by atoms with Gasteiger partial charge >= 0.3 is 6.09 Å². The molecule has 0 bridgehead atoms. The summed E-state index contributed by atoms with van der Waals surface area (Å²) in [6, 6.07) is 5.70. The first kappa shape index (κ1) is 26.8. The molecule has 2 N–H and O–H groups in total. The summed E-state index contributed by atoms with van der Waals surface area (Å²) in [6.45, 7) is 7.35. The van der Waals surface area contributed by atoms with Gasteiger partial charge < -0.3 is 24.8 Å². The number of fused-ring (bicyclic) bond motifs is 1. The number of aliphatic hydroxyl groups excluding tert-OH is 1. The minimum atomic E-state index is -0.885. The van der Waals surface area contributed by atoms with Crippen LogP contribution in [-0.4, -0.2) is 58.2 Å². The lowest BCUT2D eigenvalue weighted by Gasteiger charge is -2.28. The zero-order chi connectivity index (χ0) is 26.4. The maximum atomic E-state index is 14.3. The molecule has 1 saturated heterocycles. The third-order valence-corrected chi connectivity index (χ3v) is 6.35. The number of aromatic nitrogens is 2. The predicted octanol–water partition coefficient (Wildman–Crippen LogP) is 5.09. The molecule has 10 heteroatoms. The highest BCUT2D eigenvalue weighted by Gasteiger charge is 2.20. The Bertz CT molecular complexity index is 1210. The summed E-state index contributed by atoms with van der Waals surface area (Å²) in [5.41, 5.74) is 0.715. The van der Waals surface area contributed by atoms with Crippen LogP contribution in [0.3, 0.4) is 0 Å². The monoisotopic (exact) mass is 516 g/mol. The van der Waals surface area contributed by atoms with Crippen LogP contribution in [0.1, 0.15) is 39.5 Å². The number of benzene rings is 2. The predicted molar refractivity (Wildman–Crippen MR) is 136 cm³/mol. The van der Waals surface area contributed by atoms with Crippen molar-refractivity contribution in [1.29, 1.82) is 0 Å². The van der Waals surface area contributed by atoms with E-state index in [-0.39, 0.29) is 23.9 Å². The van der Waals surface area contributed by atoms with Crippen LogP contribution in [0.2, 0.25) is 0 Å². The molecule has 1 aliphatic heterocycles. The van der Waals surface area contributed by atoms with Gasteiger partial charge in [0.2, 0.25) is 0 Å². The van der Waals surface area contributed by atoms with Crippen LogP contribution in [0.15, 0.2) is 36.5 Å². The fourth-order valence-corrected chi connectivity index (χ4v) is 4.44. The highest BCUT2D eigenvalue weighted by molar-refractivity contribution is 5.84. The first-order valence-electron chi connectivity index (χ1n) is 12.8. The molecule has 0 unspecified atom stereocenters. The van der Waals surface area contributed by atoms with Crippen LogP contribution in [0.4, 0.5) is 13.6 Å². The van der Waals surface area contributed by atoms with E-state index in [0.717, 1.165) is 44.6 Å². The van der Waals surface area contributed by atoms with Crippen LogP contribution in [0, 0.1) is 17.6 Å². The second-order valence-electron chi connectivity index (χ2n) is 9.86. The molecular weight excluding hydrogens is 482 g/mol. The Morgan fingerprint density at radius 1 is 1.11 bits per heavy atom. The van der Waals surface area contributed by atoms with Crippen molar-refractivity contribution < 1.29 is 28.2 Å². The van der Waals surface area contributed by atoms with E-state index in [1.54, 1.807) is 23.0 Å². The number of piperidine rings is 1. The largest absolute Gasteiger partial charge is 0.450 e. The average Bonchev–Trinajstić information content (AvgIpc) is 3.24. The molecule has 3 aromatic rings. The molecule has 0 spiro atoms. The van der Waals surface area contributed by atoms with Crippen molar-refractivity contribution >= 4 is 17.0 Å². The fourth-order valence-electron chi connectivity index (χ4n) is 4.44. The second-order valence-corrected chi connectivity index (χ2v) is 9.86. The molecule has 200 valence electrons. The Labute approximate surface area is 215 Å². The summed E-state index contributed by atoms with van der Waals surface area (Å²) in [6.07, 6.45) is 5.01. The second kappa shape index (κ2) is 12.3. The van der Waals surface area contributed by atoms with Crippen molar-refractivity contribution in [3.63, 3.8) is 0 Å². The number of halogens is 2. The van der Waals surface area contributed by atoms with Crippen molar-refractivity contribution in [1.82, 2.24) is 20.0 Å².